The number of carbonyl (C=O) groups excluding carboxylic acids is 1. The lowest BCUT2D eigenvalue weighted by Crippen LogP contribution is -2.32. The summed E-state index contributed by atoms with van der Waals surface area (Å²) in [5, 5.41) is 0. The number of hydrogen-bond donors (Lipinski definition) is 1. The average Bonchev–Trinajstić information content (AvgIpc) is 2.42. The van der Waals surface area contributed by atoms with Crippen molar-refractivity contribution in [3.63, 3.8) is 0 Å². The molecule has 0 bridgehead atoms. The summed E-state index contributed by atoms with van der Waals surface area (Å²) in [5.74, 6) is 6.30. The van der Waals surface area contributed by atoms with Gasteiger partial charge in [0, 0.05) is 18.7 Å². The van der Waals surface area contributed by atoms with Crippen LogP contribution < -0.4 is 10.5 Å². The Bertz CT molecular complexity index is 513. The van der Waals surface area contributed by atoms with E-state index in [1.54, 1.807) is 37.3 Å². The third-order valence-electron chi connectivity index (χ3n) is 2.87. The van der Waals surface area contributed by atoms with E-state index in [2.05, 4.69) is 11.8 Å². The van der Waals surface area contributed by atoms with Gasteiger partial charge in [-0.25, -0.2) is 0 Å². The Morgan fingerprint density at radius 1 is 1.47 bits per heavy atom. The molecule has 0 spiro atoms. The lowest BCUT2D eigenvalue weighted by atomic mass is 10.1. The van der Waals surface area contributed by atoms with E-state index in [-0.39, 0.29) is 18.5 Å². The molecule has 0 unspecified atom stereocenters. The number of nitrogens with zero attached hydrogens (tertiary/aromatic N) is 1. The van der Waals surface area contributed by atoms with Crippen LogP contribution in [0.5, 0.6) is 5.75 Å². The molecule has 0 atom stereocenters. The molecule has 0 aliphatic carbocycles. The van der Waals surface area contributed by atoms with Crippen LogP contribution in [0, 0.1) is 11.8 Å². The van der Waals surface area contributed by atoms with Gasteiger partial charge in [-0.05, 0) is 32.0 Å². The zero-order valence-corrected chi connectivity index (χ0v) is 11.9. The van der Waals surface area contributed by atoms with E-state index in [1.165, 1.54) is 0 Å². The number of rotatable bonds is 3. The van der Waals surface area contributed by atoms with Gasteiger partial charge in [0.15, 0.2) is 0 Å². The van der Waals surface area contributed by atoms with Crippen LogP contribution in [0.15, 0.2) is 18.2 Å². The zero-order chi connectivity index (χ0) is 14.4. The van der Waals surface area contributed by atoms with Crippen molar-refractivity contribution < 1.29 is 9.53 Å². The van der Waals surface area contributed by atoms with Crippen molar-refractivity contribution in [3.05, 3.63) is 29.3 Å². The Kier molecular flexibility index (Phi) is 5.40. The Morgan fingerprint density at radius 2 is 2.16 bits per heavy atom. The molecule has 4 nitrogen and oxygen atoms in total. The van der Waals surface area contributed by atoms with Gasteiger partial charge >= 0.3 is 0 Å². The molecule has 0 radical (unpaired) electrons. The highest BCUT2D eigenvalue weighted by atomic mass is 16.5. The van der Waals surface area contributed by atoms with E-state index < -0.39 is 0 Å². The maximum Gasteiger partial charge on any atom is 0.253 e. The molecule has 1 aromatic rings. The first-order valence-electron chi connectivity index (χ1n) is 6.15. The van der Waals surface area contributed by atoms with Gasteiger partial charge in [-0.3, -0.25) is 4.79 Å². The van der Waals surface area contributed by atoms with E-state index in [0.29, 0.717) is 16.9 Å². The van der Waals surface area contributed by atoms with E-state index in [0.717, 1.165) is 0 Å². The molecule has 1 aromatic carbocycles. The van der Waals surface area contributed by atoms with E-state index in [4.69, 9.17) is 10.5 Å². The topological polar surface area (TPSA) is 55.6 Å². The minimum Gasteiger partial charge on any atom is -0.495 e. The smallest absolute Gasteiger partial charge is 0.253 e. The molecule has 102 valence electrons. The number of benzene rings is 1. The van der Waals surface area contributed by atoms with Crippen LogP contribution in [0.25, 0.3) is 0 Å². The molecular weight excluding hydrogens is 240 g/mol. The number of ether oxygens (including phenoxy) is 1. The first kappa shape index (κ1) is 15.1. The van der Waals surface area contributed by atoms with Crippen LogP contribution >= 0.6 is 0 Å². The van der Waals surface area contributed by atoms with Crippen molar-refractivity contribution in [1.82, 2.24) is 4.90 Å². The molecule has 2 N–H and O–H groups in total. The minimum atomic E-state index is -0.0338. The van der Waals surface area contributed by atoms with Crippen molar-refractivity contribution in [2.75, 3.05) is 20.7 Å². The van der Waals surface area contributed by atoms with Crippen molar-refractivity contribution >= 4 is 5.91 Å². The summed E-state index contributed by atoms with van der Waals surface area (Å²) in [6.45, 7) is 4.21. The predicted octanol–water partition coefficient (Wildman–Crippen LogP) is 1.49. The van der Waals surface area contributed by atoms with Gasteiger partial charge in [0.1, 0.15) is 5.75 Å². The average molecular weight is 260 g/mol. The number of carbonyl (C=O) groups is 1. The van der Waals surface area contributed by atoms with Crippen LogP contribution in [-0.2, 0) is 0 Å². The second-order valence-electron chi connectivity index (χ2n) is 4.43. The van der Waals surface area contributed by atoms with Gasteiger partial charge in [-0.2, -0.15) is 0 Å². The van der Waals surface area contributed by atoms with Gasteiger partial charge in [-0.1, -0.05) is 11.8 Å². The highest BCUT2D eigenvalue weighted by molar-refractivity contribution is 5.94. The van der Waals surface area contributed by atoms with Crippen LogP contribution in [0.2, 0.25) is 0 Å². The molecule has 1 amide bonds. The Balaban J connectivity index is 3.14. The standard InChI is InChI=1S/C15H20N2O2/c1-11(2)17(3)15(18)13-7-8-14(19-4)12(10-13)6-5-9-16/h7-8,10-11H,9,16H2,1-4H3. The van der Waals surface area contributed by atoms with Gasteiger partial charge in [0.2, 0.25) is 0 Å². The van der Waals surface area contributed by atoms with Crippen molar-refractivity contribution in [1.29, 1.82) is 0 Å². The molecule has 1 rings (SSSR count). The van der Waals surface area contributed by atoms with Crippen LogP contribution in [-0.4, -0.2) is 37.6 Å². The summed E-state index contributed by atoms with van der Waals surface area (Å²) in [4.78, 5) is 13.9. The lowest BCUT2D eigenvalue weighted by Gasteiger charge is -2.21. The molecule has 4 heteroatoms. The highest BCUT2D eigenvalue weighted by Gasteiger charge is 2.15. The van der Waals surface area contributed by atoms with Crippen LogP contribution in [0.3, 0.4) is 0 Å². The summed E-state index contributed by atoms with van der Waals surface area (Å²) < 4.78 is 5.22. The summed E-state index contributed by atoms with van der Waals surface area (Å²) in [5.41, 5.74) is 6.64. The molecule has 0 saturated heterocycles. The van der Waals surface area contributed by atoms with Crippen molar-refractivity contribution in [2.45, 2.75) is 19.9 Å². The normalized spacial score (nSPS) is 9.79. The van der Waals surface area contributed by atoms with Gasteiger partial charge in [-0.15, -0.1) is 0 Å². The summed E-state index contributed by atoms with van der Waals surface area (Å²) in [7, 11) is 3.35. The minimum absolute atomic E-state index is 0.0338. The first-order valence-corrected chi connectivity index (χ1v) is 6.15. The molecule has 19 heavy (non-hydrogen) atoms. The third-order valence-corrected chi connectivity index (χ3v) is 2.87. The largest absolute Gasteiger partial charge is 0.495 e. The SMILES string of the molecule is COc1ccc(C(=O)N(C)C(C)C)cc1C#CCN. The second kappa shape index (κ2) is 6.81. The van der Waals surface area contributed by atoms with Gasteiger partial charge in [0.25, 0.3) is 5.91 Å². The Hall–Kier alpha value is -1.99. The van der Waals surface area contributed by atoms with Crippen LogP contribution in [0.1, 0.15) is 29.8 Å². The maximum absolute atomic E-state index is 12.2. The first-order chi connectivity index (χ1) is 9.01. The molecule has 0 aliphatic heterocycles. The second-order valence-corrected chi connectivity index (χ2v) is 4.43. The fourth-order valence-corrected chi connectivity index (χ4v) is 1.52. The summed E-state index contributed by atoms with van der Waals surface area (Å²) in [6.07, 6.45) is 0. The zero-order valence-electron chi connectivity index (χ0n) is 11.9. The maximum atomic E-state index is 12.2. The molecule has 0 heterocycles. The van der Waals surface area contributed by atoms with Crippen molar-refractivity contribution in [3.8, 4) is 17.6 Å². The predicted molar refractivity (Wildman–Crippen MR) is 76.2 cm³/mol. The number of nitrogens with two attached hydrogens (primary N) is 1. The fourth-order valence-electron chi connectivity index (χ4n) is 1.52. The molecule has 0 aromatic heterocycles. The Labute approximate surface area is 114 Å². The molecular formula is C15H20N2O2. The van der Waals surface area contributed by atoms with Crippen molar-refractivity contribution in [2.24, 2.45) is 5.73 Å². The number of amides is 1. The number of methoxy groups -OCH3 is 1. The van der Waals surface area contributed by atoms with E-state index in [1.807, 2.05) is 13.8 Å². The van der Waals surface area contributed by atoms with Gasteiger partial charge < -0.3 is 15.4 Å². The summed E-state index contributed by atoms with van der Waals surface area (Å²) >= 11 is 0. The van der Waals surface area contributed by atoms with Gasteiger partial charge in [0.05, 0.1) is 19.2 Å². The Morgan fingerprint density at radius 3 is 2.68 bits per heavy atom. The van der Waals surface area contributed by atoms with E-state index >= 15 is 0 Å². The molecule has 0 aliphatic rings. The summed E-state index contributed by atoms with van der Waals surface area (Å²) in [6, 6.07) is 5.38. The van der Waals surface area contributed by atoms with E-state index in [9.17, 15) is 4.79 Å². The highest BCUT2D eigenvalue weighted by Crippen LogP contribution is 2.20. The number of hydrogen-bond acceptors (Lipinski definition) is 3. The van der Waals surface area contributed by atoms with Crippen LogP contribution in [0.4, 0.5) is 0 Å². The monoisotopic (exact) mass is 260 g/mol. The molecule has 0 saturated carbocycles. The fraction of sp³-hybridized carbons (Fsp3) is 0.400. The third kappa shape index (κ3) is 3.73. The quantitative estimate of drug-likeness (QED) is 0.838. The molecule has 0 fully saturated rings. The lowest BCUT2D eigenvalue weighted by molar-refractivity contribution is 0.0755.